The van der Waals surface area contributed by atoms with Crippen LogP contribution in [0, 0.1) is 5.82 Å². The second kappa shape index (κ2) is 5.31. The second-order valence-corrected chi connectivity index (χ2v) is 5.09. The molecule has 0 saturated carbocycles. The fourth-order valence-corrected chi connectivity index (χ4v) is 1.93. The largest absolute Gasteiger partial charge is 0.298 e. The number of Topliss-reactive ketones (excluding diaryl/α,β-unsaturated/α-hetero) is 1. The van der Waals surface area contributed by atoms with Crippen molar-refractivity contribution in [2.45, 2.75) is 25.7 Å². The first kappa shape index (κ1) is 13.4. The van der Waals surface area contributed by atoms with Crippen molar-refractivity contribution in [2.24, 2.45) is 0 Å². The van der Waals surface area contributed by atoms with Gasteiger partial charge >= 0.3 is 0 Å². The van der Waals surface area contributed by atoms with Gasteiger partial charge < -0.3 is 0 Å². The van der Waals surface area contributed by atoms with Crippen LogP contribution in [0.25, 0.3) is 0 Å². The van der Waals surface area contributed by atoms with Gasteiger partial charge in [-0.15, -0.1) is 0 Å². The molecule has 2 aromatic rings. The predicted octanol–water partition coefficient (Wildman–Crippen LogP) is 3.31. The number of rotatable bonds is 4. The normalized spacial score (nSPS) is 11.3. The Balaban J connectivity index is 2.19. The molecule has 1 aromatic carbocycles. The summed E-state index contributed by atoms with van der Waals surface area (Å²) in [5.41, 5.74) is 1.14. The summed E-state index contributed by atoms with van der Waals surface area (Å²) in [5.74, 6) is -0.188. The average Bonchev–Trinajstić information content (AvgIpc) is 2.40. The Morgan fingerprint density at radius 2 is 1.68 bits per heavy atom. The van der Waals surface area contributed by atoms with Gasteiger partial charge in [0.15, 0.2) is 0 Å². The molecule has 0 spiro atoms. The van der Waals surface area contributed by atoms with E-state index in [1.807, 2.05) is 26.0 Å². The fraction of sp³-hybridized carbons (Fsp3) is 0.250. The standard InChI is InChI=1S/C16H16FNO/c1-16(2,13-3-5-14(17)6-4-13)15(19)11-12-7-9-18-10-8-12/h3-10H,11H2,1-2H3. The van der Waals surface area contributed by atoms with Gasteiger partial charge in [-0.1, -0.05) is 12.1 Å². The van der Waals surface area contributed by atoms with Crippen LogP contribution in [0.3, 0.4) is 0 Å². The number of carbonyl (C=O) groups excluding carboxylic acids is 1. The lowest BCUT2D eigenvalue weighted by atomic mass is 9.78. The van der Waals surface area contributed by atoms with Crippen LogP contribution in [0.1, 0.15) is 25.0 Å². The molecule has 98 valence electrons. The van der Waals surface area contributed by atoms with Crippen LogP contribution in [0.4, 0.5) is 4.39 Å². The zero-order valence-electron chi connectivity index (χ0n) is 11.1. The third-order valence-electron chi connectivity index (χ3n) is 3.38. The lowest BCUT2D eigenvalue weighted by Crippen LogP contribution is -2.30. The van der Waals surface area contributed by atoms with E-state index < -0.39 is 5.41 Å². The second-order valence-electron chi connectivity index (χ2n) is 5.09. The lowest BCUT2D eigenvalue weighted by Gasteiger charge is -2.23. The number of ketones is 1. The molecule has 19 heavy (non-hydrogen) atoms. The maximum absolute atomic E-state index is 12.9. The maximum atomic E-state index is 12.9. The number of hydrogen-bond acceptors (Lipinski definition) is 2. The molecule has 0 N–H and O–H groups in total. The van der Waals surface area contributed by atoms with Gasteiger partial charge in [0.25, 0.3) is 0 Å². The highest BCUT2D eigenvalue weighted by atomic mass is 19.1. The molecule has 0 atom stereocenters. The summed E-state index contributed by atoms with van der Waals surface area (Å²) in [7, 11) is 0. The van der Waals surface area contributed by atoms with E-state index in [4.69, 9.17) is 0 Å². The van der Waals surface area contributed by atoms with E-state index >= 15 is 0 Å². The van der Waals surface area contributed by atoms with Crippen molar-refractivity contribution in [3.63, 3.8) is 0 Å². The molecule has 1 aromatic heterocycles. The van der Waals surface area contributed by atoms with Gasteiger partial charge in [-0.25, -0.2) is 4.39 Å². The summed E-state index contributed by atoms with van der Waals surface area (Å²) in [6.07, 6.45) is 3.70. The average molecular weight is 257 g/mol. The van der Waals surface area contributed by atoms with Gasteiger partial charge in [0.1, 0.15) is 11.6 Å². The van der Waals surface area contributed by atoms with Crippen LogP contribution in [0.2, 0.25) is 0 Å². The number of carbonyl (C=O) groups is 1. The molecule has 0 unspecified atom stereocenters. The minimum absolute atomic E-state index is 0.102. The summed E-state index contributed by atoms with van der Waals surface area (Å²) >= 11 is 0. The first-order valence-corrected chi connectivity index (χ1v) is 6.18. The molecule has 0 bridgehead atoms. The Bertz CT molecular complexity index is 561. The molecule has 0 fully saturated rings. The molecule has 0 aliphatic rings. The SMILES string of the molecule is CC(C)(C(=O)Cc1ccncc1)c1ccc(F)cc1. The monoisotopic (exact) mass is 257 g/mol. The Kier molecular flexibility index (Phi) is 3.74. The molecule has 3 heteroatoms. The highest BCUT2D eigenvalue weighted by molar-refractivity contribution is 5.90. The molecule has 2 rings (SSSR count). The van der Waals surface area contributed by atoms with Crippen molar-refractivity contribution in [3.05, 3.63) is 65.7 Å². The smallest absolute Gasteiger partial charge is 0.147 e. The predicted molar refractivity (Wildman–Crippen MR) is 72.4 cm³/mol. The van der Waals surface area contributed by atoms with Gasteiger partial charge in [0.2, 0.25) is 0 Å². The fourth-order valence-electron chi connectivity index (χ4n) is 1.93. The zero-order chi connectivity index (χ0) is 13.9. The third-order valence-corrected chi connectivity index (χ3v) is 3.38. The summed E-state index contributed by atoms with van der Waals surface area (Å²) in [6, 6.07) is 9.77. The van der Waals surface area contributed by atoms with Crippen LogP contribution in [-0.2, 0) is 16.6 Å². The summed E-state index contributed by atoms with van der Waals surface area (Å²) in [6.45, 7) is 3.73. The van der Waals surface area contributed by atoms with Crippen molar-refractivity contribution in [1.82, 2.24) is 4.98 Å². The number of benzene rings is 1. The van der Waals surface area contributed by atoms with Crippen molar-refractivity contribution >= 4 is 5.78 Å². The van der Waals surface area contributed by atoms with E-state index in [1.54, 1.807) is 24.5 Å². The van der Waals surface area contributed by atoms with E-state index in [-0.39, 0.29) is 11.6 Å². The number of nitrogens with zero attached hydrogens (tertiary/aromatic N) is 1. The van der Waals surface area contributed by atoms with E-state index in [0.29, 0.717) is 6.42 Å². The van der Waals surface area contributed by atoms with Crippen LogP contribution < -0.4 is 0 Å². The molecular weight excluding hydrogens is 241 g/mol. The molecule has 2 nitrogen and oxygen atoms in total. The van der Waals surface area contributed by atoms with Crippen molar-refractivity contribution in [2.75, 3.05) is 0 Å². The first-order chi connectivity index (χ1) is 9.00. The Morgan fingerprint density at radius 1 is 1.11 bits per heavy atom. The molecule has 1 heterocycles. The minimum atomic E-state index is -0.628. The zero-order valence-corrected chi connectivity index (χ0v) is 11.1. The molecular formula is C16H16FNO. The van der Waals surface area contributed by atoms with Crippen LogP contribution in [0.5, 0.6) is 0 Å². The molecule has 0 saturated heterocycles. The lowest BCUT2D eigenvalue weighted by molar-refractivity contribution is -0.122. The van der Waals surface area contributed by atoms with Crippen LogP contribution in [0.15, 0.2) is 48.8 Å². The van der Waals surface area contributed by atoms with E-state index in [0.717, 1.165) is 11.1 Å². The van der Waals surface area contributed by atoms with Crippen molar-refractivity contribution in [3.8, 4) is 0 Å². The van der Waals surface area contributed by atoms with Crippen molar-refractivity contribution in [1.29, 1.82) is 0 Å². The molecule has 0 aliphatic heterocycles. The number of aromatic nitrogens is 1. The Hall–Kier alpha value is -2.03. The Labute approximate surface area is 112 Å². The van der Waals surface area contributed by atoms with Gasteiger partial charge in [-0.05, 0) is 49.2 Å². The number of halogens is 1. The van der Waals surface area contributed by atoms with Gasteiger partial charge in [-0.2, -0.15) is 0 Å². The summed E-state index contributed by atoms with van der Waals surface area (Å²) in [5, 5.41) is 0. The number of pyridine rings is 1. The first-order valence-electron chi connectivity index (χ1n) is 6.18. The van der Waals surface area contributed by atoms with Crippen LogP contribution >= 0.6 is 0 Å². The molecule has 0 aliphatic carbocycles. The van der Waals surface area contributed by atoms with E-state index in [1.165, 1.54) is 12.1 Å². The van der Waals surface area contributed by atoms with Crippen LogP contribution in [-0.4, -0.2) is 10.8 Å². The highest BCUT2D eigenvalue weighted by Crippen LogP contribution is 2.26. The summed E-state index contributed by atoms with van der Waals surface area (Å²) < 4.78 is 12.9. The quantitative estimate of drug-likeness (QED) is 0.841. The van der Waals surface area contributed by atoms with E-state index in [2.05, 4.69) is 4.98 Å². The molecule has 0 radical (unpaired) electrons. The van der Waals surface area contributed by atoms with Crippen molar-refractivity contribution < 1.29 is 9.18 Å². The highest BCUT2D eigenvalue weighted by Gasteiger charge is 2.29. The Morgan fingerprint density at radius 3 is 2.26 bits per heavy atom. The summed E-state index contributed by atoms with van der Waals surface area (Å²) in [4.78, 5) is 16.3. The van der Waals surface area contributed by atoms with Gasteiger partial charge in [-0.3, -0.25) is 9.78 Å². The topological polar surface area (TPSA) is 30.0 Å². The third kappa shape index (κ3) is 3.05. The maximum Gasteiger partial charge on any atom is 0.147 e. The number of hydrogen-bond donors (Lipinski definition) is 0. The van der Waals surface area contributed by atoms with E-state index in [9.17, 15) is 9.18 Å². The van der Waals surface area contributed by atoms with Gasteiger partial charge in [0.05, 0.1) is 0 Å². The molecule has 0 amide bonds. The van der Waals surface area contributed by atoms with Gasteiger partial charge in [0, 0.05) is 24.2 Å². The minimum Gasteiger partial charge on any atom is -0.298 e.